The van der Waals surface area contributed by atoms with Crippen molar-refractivity contribution in [2.75, 3.05) is 0 Å². The number of aromatic nitrogens is 6. The maximum absolute atomic E-state index is 4.27. The van der Waals surface area contributed by atoms with Gasteiger partial charge in [0.15, 0.2) is 0 Å². The van der Waals surface area contributed by atoms with Crippen LogP contribution in [-0.4, -0.2) is 30.2 Å². The summed E-state index contributed by atoms with van der Waals surface area (Å²) < 4.78 is 0. The summed E-state index contributed by atoms with van der Waals surface area (Å²) in [4.78, 5) is 9.81. The zero-order valence-corrected chi connectivity index (χ0v) is 9.72. The van der Waals surface area contributed by atoms with E-state index in [9.17, 15) is 0 Å². The summed E-state index contributed by atoms with van der Waals surface area (Å²) in [5, 5.41) is 12.2. The van der Waals surface area contributed by atoms with Crippen LogP contribution in [0.4, 0.5) is 0 Å². The van der Waals surface area contributed by atoms with Gasteiger partial charge in [0.05, 0.1) is 6.20 Å². The molecule has 0 unspecified atom stereocenters. The monoisotopic (exact) mass is 238 g/mol. The summed E-state index contributed by atoms with van der Waals surface area (Å²) in [7, 11) is 0. The van der Waals surface area contributed by atoms with Gasteiger partial charge in [0.25, 0.3) is 0 Å². The summed E-state index contributed by atoms with van der Waals surface area (Å²) in [5.74, 6) is 0.496. The molecule has 0 aromatic carbocycles. The maximum atomic E-state index is 4.27. The van der Waals surface area contributed by atoms with Gasteiger partial charge in [-0.2, -0.15) is 0 Å². The minimum Gasteiger partial charge on any atom is -0.259 e. The van der Waals surface area contributed by atoms with Gasteiger partial charge in [-0.3, -0.25) is 9.97 Å². The summed E-state index contributed by atoms with van der Waals surface area (Å²) in [5.41, 5.74) is 2.42. The van der Waals surface area contributed by atoms with Crippen LogP contribution in [0.2, 0.25) is 0 Å². The third kappa shape index (κ3) is 1.95. The van der Waals surface area contributed by atoms with Gasteiger partial charge in [-0.15, -0.1) is 15.0 Å². The molecule has 0 saturated heterocycles. The average Bonchev–Trinajstić information content (AvgIpc) is 2.90. The van der Waals surface area contributed by atoms with Gasteiger partial charge in [-0.1, -0.05) is 6.07 Å². The highest BCUT2D eigenvalue weighted by molar-refractivity contribution is 5.46. The third-order valence-corrected chi connectivity index (χ3v) is 2.43. The molecular weight excluding hydrogens is 228 g/mol. The number of hydrogen-bond acceptors (Lipinski definition) is 5. The Morgan fingerprint density at radius 2 is 2.00 bits per heavy atom. The van der Waals surface area contributed by atoms with E-state index in [2.05, 4.69) is 25.4 Å². The fraction of sp³-hybridized carbons (Fsp3) is 0.0833. The standard InChI is InChI=1S/C12H10N6/c1-9-5-6-10(8-14-9)18-16-12(15-17-18)11-4-2-3-7-13-11/h2-8H,1H3. The summed E-state index contributed by atoms with van der Waals surface area (Å²) >= 11 is 0. The number of nitrogens with zero attached hydrogens (tertiary/aromatic N) is 6. The van der Waals surface area contributed by atoms with Gasteiger partial charge >= 0.3 is 0 Å². The highest BCUT2D eigenvalue weighted by atomic mass is 15.6. The van der Waals surface area contributed by atoms with Gasteiger partial charge in [0.1, 0.15) is 11.4 Å². The van der Waals surface area contributed by atoms with E-state index in [0.29, 0.717) is 11.5 Å². The van der Waals surface area contributed by atoms with Crippen LogP contribution < -0.4 is 0 Å². The lowest BCUT2D eigenvalue weighted by Gasteiger charge is -1.97. The molecule has 0 spiro atoms. The quantitative estimate of drug-likeness (QED) is 0.675. The molecule has 0 radical (unpaired) electrons. The lowest BCUT2D eigenvalue weighted by molar-refractivity contribution is 0.716. The predicted octanol–water partition coefficient (Wildman–Crippen LogP) is 1.43. The molecule has 3 rings (SSSR count). The van der Waals surface area contributed by atoms with E-state index in [1.165, 1.54) is 4.80 Å². The molecule has 18 heavy (non-hydrogen) atoms. The Morgan fingerprint density at radius 1 is 1.06 bits per heavy atom. The minimum atomic E-state index is 0.496. The summed E-state index contributed by atoms with van der Waals surface area (Å²) in [6.45, 7) is 1.93. The Bertz CT molecular complexity index is 644. The third-order valence-electron chi connectivity index (χ3n) is 2.43. The Balaban J connectivity index is 1.97. The van der Waals surface area contributed by atoms with Crippen molar-refractivity contribution in [2.24, 2.45) is 0 Å². The molecule has 0 saturated carbocycles. The molecule has 0 fully saturated rings. The molecule has 88 valence electrons. The van der Waals surface area contributed by atoms with Crippen molar-refractivity contribution in [1.29, 1.82) is 0 Å². The molecule has 0 aliphatic carbocycles. The molecular formula is C12H10N6. The molecule has 0 bridgehead atoms. The van der Waals surface area contributed by atoms with Crippen LogP contribution in [0.5, 0.6) is 0 Å². The van der Waals surface area contributed by atoms with Gasteiger partial charge in [-0.05, 0) is 36.4 Å². The number of hydrogen-bond donors (Lipinski definition) is 0. The van der Waals surface area contributed by atoms with Crippen molar-refractivity contribution < 1.29 is 0 Å². The lowest BCUT2D eigenvalue weighted by Crippen LogP contribution is -1.99. The highest BCUT2D eigenvalue weighted by Gasteiger charge is 2.07. The Labute approximate surface area is 103 Å². The molecule has 0 amide bonds. The smallest absolute Gasteiger partial charge is 0.223 e. The molecule has 0 aliphatic rings. The van der Waals surface area contributed by atoms with Crippen LogP contribution in [0, 0.1) is 6.92 Å². The molecule has 0 aliphatic heterocycles. The van der Waals surface area contributed by atoms with Gasteiger partial charge in [-0.25, -0.2) is 0 Å². The van der Waals surface area contributed by atoms with Crippen LogP contribution >= 0.6 is 0 Å². The average molecular weight is 238 g/mol. The second-order valence-corrected chi connectivity index (χ2v) is 3.78. The maximum Gasteiger partial charge on any atom is 0.223 e. The van der Waals surface area contributed by atoms with Crippen LogP contribution in [0.15, 0.2) is 42.7 Å². The zero-order chi connectivity index (χ0) is 12.4. The minimum absolute atomic E-state index is 0.496. The molecule has 0 N–H and O–H groups in total. The number of rotatable bonds is 2. The van der Waals surface area contributed by atoms with Gasteiger partial charge in [0.2, 0.25) is 5.82 Å². The Morgan fingerprint density at radius 3 is 2.72 bits per heavy atom. The van der Waals surface area contributed by atoms with Crippen LogP contribution in [0.25, 0.3) is 17.2 Å². The van der Waals surface area contributed by atoms with Gasteiger partial charge < -0.3 is 0 Å². The summed E-state index contributed by atoms with van der Waals surface area (Å²) in [6.07, 6.45) is 3.41. The largest absolute Gasteiger partial charge is 0.259 e. The first-order valence-corrected chi connectivity index (χ1v) is 5.47. The van der Waals surface area contributed by atoms with E-state index in [0.717, 1.165) is 11.4 Å². The van der Waals surface area contributed by atoms with E-state index >= 15 is 0 Å². The van der Waals surface area contributed by atoms with Crippen molar-refractivity contribution >= 4 is 0 Å². The van der Waals surface area contributed by atoms with Crippen molar-refractivity contribution in [3.63, 3.8) is 0 Å². The fourth-order valence-electron chi connectivity index (χ4n) is 1.50. The number of tetrazole rings is 1. The number of aryl methyl sites for hydroxylation is 1. The fourth-order valence-corrected chi connectivity index (χ4v) is 1.50. The first-order chi connectivity index (χ1) is 8.83. The Kier molecular flexibility index (Phi) is 2.53. The normalized spacial score (nSPS) is 10.5. The molecule has 6 nitrogen and oxygen atoms in total. The molecule has 3 aromatic rings. The predicted molar refractivity (Wildman–Crippen MR) is 64.9 cm³/mol. The lowest BCUT2D eigenvalue weighted by atomic mass is 10.3. The zero-order valence-electron chi connectivity index (χ0n) is 9.72. The van der Waals surface area contributed by atoms with E-state index in [1.807, 2.05) is 37.3 Å². The number of pyridine rings is 2. The van der Waals surface area contributed by atoms with Crippen LogP contribution in [-0.2, 0) is 0 Å². The van der Waals surface area contributed by atoms with E-state index in [1.54, 1.807) is 12.4 Å². The van der Waals surface area contributed by atoms with Crippen LogP contribution in [0.1, 0.15) is 5.69 Å². The topological polar surface area (TPSA) is 69.4 Å². The first kappa shape index (κ1) is 10.5. The highest BCUT2D eigenvalue weighted by Crippen LogP contribution is 2.10. The van der Waals surface area contributed by atoms with E-state index < -0.39 is 0 Å². The first-order valence-electron chi connectivity index (χ1n) is 5.47. The van der Waals surface area contributed by atoms with Gasteiger partial charge in [0, 0.05) is 11.9 Å². The SMILES string of the molecule is Cc1ccc(-n2nnc(-c3ccccn3)n2)cn1. The molecule has 3 aromatic heterocycles. The van der Waals surface area contributed by atoms with E-state index in [-0.39, 0.29) is 0 Å². The van der Waals surface area contributed by atoms with E-state index in [4.69, 9.17) is 0 Å². The van der Waals surface area contributed by atoms with Crippen molar-refractivity contribution in [3.05, 3.63) is 48.4 Å². The second kappa shape index (κ2) is 4.33. The van der Waals surface area contributed by atoms with Crippen molar-refractivity contribution in [1.82, 2.24) is 30.2 Å². The van der Waals surface area contributed by atoms with Crippen molar-refractivity contribution in [2.45, 2.75) is 6.92 Å². The molecule has 0 atom stereocenters. The second-order valence-electron chi connectivity index (χ2n) is 3.78. The Hall–Kier alpha value is -2.63. The van der Waals surface area contributed by atoms with Crippen molar-refractivity contribution in [3.8, 4) is 17.2 Å². The summed E-state index contributed by atoms with van der Waals surface area (Å²) in [6, 6.07) is 9.37. The molecule has 6 heteroatoms. The van der Waals surface area contributed by atoms with Crippen LogP contribution in [0.3, 0.4) is 0 Å². The molecule has 3 heterocycles.